The maximum absolute atomic E-state index is 5.41. The summed E-state index contributed by atoms with van der Waals surface area (Å²) >= 11 is 4.96. The fourth-order valence-electron chi connectivity index (χ4n) is 2.41. The molecule has 0 aliphatic carbocycles. The zero-order chi connectivity index (χ0) is 17.9. The first-order valence-electron chi connectivity index (χ1n) is 8.05. The quantitative estimate of drug-likeness (QED) is 0.424. The summed E-state index contributed by atoms with van der Waals surface area (Å²) in [4.78, 5) is 4.66. The highest BCUT2D eigenvalue weighted by Gasteiger charge is 2.14. The molecular weight excluding hydrogens is 388 g/mol. The predicted molar refractivity (Wildman–Crippen MR) is 103 cm³/mol. The van der Waals surface area contributed by atoms with Crippen LogP contribution in [0.15, 0.2) is 38.2 Å². The summed E-state index contributed by atoms with van der Waals surface area (Å²) in [5.74, 6) is 3.44. The molecule has 10 heteroatoms. The highest BCUT2D eigenvalue weighted by Crippen LogP contribution is 2.31. The number of aryl methyl sites for hydroxylation is 1. The number of thioether (sulfide) groups is 2. The number of nitrogens with zero attached hydrogens (tertiary/aromatic N) is 6. The molecule has 3 heterocycles. The fraction of sp³-hybridized carbons (Fsp3) is 0.312. The highest BCUT2D eigenvalue weighted by molar-refractivity contribution is 8.00. The molecule has 0 unspecified atom stereocenters. The van der Waals surface area contributed by atoms with Gasteiger partial charge in [-0.2, -0.15) is 0 Å². The molecule has 134 valence electrons. The lowest BCUT2D eigenvalue weighted by Crippen LogP contribution is -2.02. The third-order valence-electron chi connectivity index (χ3n) is 3.60. The van der Waals surface area contributed by atoms with Crippen molar-refractivity contribution in [2.75, 3.05) is 0 Å². The van der Waals surface area contributed by atoms with Crippen molar-refractivity contribution in [3.63, 3.8) is 0 Å². The fourth-order valence-corrected chi connectivity index (χ4v) is 5.28. The minimum atomic E-state index is 0.575. The first-order valence-corrected chi connectivity index (χ1v) is 10.8. The van der Waals surface area contributed by atoms with E-state index < -0.39 is 0 Å². The zero-order valence-electron chi connectivity index (χ0n) is 14.2. The molecule has 1 aromatic carbocycles. The van der Waals surface area contributed by atoms with Crippen LogP contribution in [-0.2, 0) is 18.1 Å². The van der Waals surface area contributed by atoms with Gasteiger partial charge in [0.05, 0.1) is 21.7 Å². The van der Waals surface area contributed by atoms with Crippen molar-refractivity contribution < 1.29 is 4.42 Å². The van der Waals surface area contributed by atoms with E-state index in [9.17, 15) is 0 Å². The Morgan fingerprint density at radius 2 is 1.96 bits per heavy atom. The van der Waals surface area contributed by atoms with E-state index in [1.165, 1.54) is 4.70 Å². The van der Waals surface area contributed by atoms with E-state index in [1.807, 2.05) is 18.2 Å². The molecule has 0 spiro atoms. The average molecular weight is 405 g/mol. The third-order valence-corrected chi connectivity index (χ3v) is 6.73. The molecule has 0 amide bonds. The molecule has 0 N–H and O–H groups in total. The number of hydrogen-bond donors (Lipinski definition) is 0. The van der Waals surface area contributed by atoms with E-state index >= 15 is 0 Å². The minimum absolute atomic E-state index is 0.575. The van der Waals surface area contributed by atoms with Crippen LogP contribution in [0.5, 0.6) is 0 Å². The number of thiazole rings is 1. The average Bonchev–Trinajstić information content (AvgIpc) is 3.35. The summed E-state index contributed by atoms with van der Waals surface area (Å²) in [6.07, 6.45) is 0. The van der Waals surface area contributed by atoms with Gasteiger partial charge in [0.1, 0.15) is 5.82 Å². The van der Waals surface area contributed by atoms with Gasteiger partial charge in [0.2, 0.25) is 11.8 Å². The summed E-state index contributed by atoms with van der Waals surface area (Å²) in [7, 11) is 0. The van der Waals surface area contributed by atoms with Crippen LogP contribution in [0.25, 0.3) is 10.2 Å². The largest absolute Gasteiger partial charge is 0.425 e. The molecule has 4 aromatic rings. The van der Waals surface area contributed by atoms with Crippen molar-refractivity contribution in [3.05, 3.63) is 41.9 Å². The van der Waals surface area contributed by atoms with Gasteiger partial charge in [0.15, 0.2) is 9.50 Å². The van der Waals surface area contributed by atoms with Gasteiger partial charge in [-0.15, -0.1) is 31.7 Å². The van der Waals surface area contributed by atoms with Crippen LogP contribution < -0.4 is 0 Å². The third kappa shape index (κ3) is 3.76. The summed E-state index contributed by atoms with van der Waals surface area (Å²) < 4.78 is 9.78. The molecule has 0 saturated heterocycles. The highest BCUT2D eigenvalue weighted by atomic mass is 32.2. The Balaban J connectivity index is 1.43. The van der Waals surface area contributed by atoms with Gasteiger partial charge >= 0.3 is 0 Å². The van der Waals surface area contributed by atoms with Crippen LogP contribution in [0.3, 0.4) is 0 Å². The maximum atomic E-state index is 5.41. The number of rotatable bonds is 7. The monoisotopic (exact) mass is 404 g/mol. The van der Waals surface area contributed by atoms with Crippen molar-refractivity contribution >= 4 is 45.1 Å². The SMILES string of the molecule is CCn1c(CSc2nc3ccccc3s2)nnc1SCc1nnc(C)o1. The van der Waals surface area contributed by atoms with Crippen LogP contribution in [0.4, 0.5) is 0 Å². The van der Waals surface area contributed by atoms with Crippen molar-refractivity contribution in [2.24, 2.45) is 0 Å². The van der Waals surface area contributed by atoms with Gasteiger partial charge in [0, 0.05) is 13.5 Å². The summed E-state index contributed by atoms with van der Waals surface area (Å²) in [5, 5.41) is 17.4. The van der Waals surface area contributed by atoms with Gasteiger partial charge in [-0.1, -0.05) is 35.7 Å². The molecule has 4 rings (SSSR count). The first kappa shape index (κ1) is 17.5. The smallest absolute Gasteiger partial charge is 0.226 e. The number of para-hydroxylation sites is 1. The molecule has 0 radical (unpaired) electrons. The molecular formula is C16H16N6OS3. The van der Waals surface area contributed by atoms with Crippen molar-refractivity contribution in [1.29, 1.82) is 0 Å². The van der Waals surface area contributed by atoms with Crippen LogP contribution in [0.1, 0.15) is 24.5 Å². The molecule has 0 fully saturated rings. The predicted octanol–water partition coefficient (Wildman–Crippen LogP) is 4.18. The van der Waals surface area contributed by atoms with Gasteiger partial charge in [-0.05, 0) is 19.1 Å². The van der Waals surface area contributed by atoms with E-state index in [4.69, 9.17) is 4.42 Å². The lowest BCUT2D eigenvalue weighted by molar-refractivity contribution is 0.485. The van der Waals surface area contributed by atoms with E-state index in [0.717, 1.165) is 33.1 Å². The molecule has 0 aliphatic heterocycles. The van der Waals surface area contributed by atoms with Crippen molar-refractivity contribution in [1.82, 2.24) is 29.9 Å². The minimum Gasteiger partial charge on any atom is -0.425 e. The lowest BCUT2D eigenvalue weighted by Gasteiger charge is -2.05. The maximum Gasteiger partial charge on any atom is 0.226 e. The van der Waals surface area contributed by atoms with E-state index in [-0.39, 0.29) is 0 Å². The second-order valence-electron chi connectivity index (χ2n) is 5.38. The summed E-state index contributed by atoms with van der Waals surface area (Å²) in [6, 6.07) is 8.19. The number of aromatic nitrogens is 6. The van der Waals surface area contributed by atoms with Gasteiger partial charge in [-0.3, -0.25) is 0 Å². The Bertz CT molecular complexity index is 991. The van der Waals surface area contributed by atoms with Crippen LogP contribution in [0, 0.1) is 6.92 Å². The van der Waals surface area contributed by atoms with Crippen LogP contribution >= 0.6 is 34.9 Å². The van der Waals surface area contributed by atoms with E-state index in [2.05, 4.69) is 42.9 Å². The molecule has 26 heavy (non-hydrogen) atoms. The zero-order valence-corrected chi connectivity index (χ0v) is 16.7. The van der Waals surface area contributed by atoms with E-state index in [0.29, 0.717) is 17.5 Å². The number of fused-ring (bicyclic) bond motifs is 1. The van der Waals surface area contributed by atoms with Gasteiger partial charge in [-0.25, -0.2) is 4.98 Å². The van der Waals surface area contributed by atoms with E-state index in [1.54, 1.807) is 41.8 Å². The summed E-state index contributed by atoms with van der Waals surface area (Å²) in [5.41, 5.74) is 1.04. The molecule has 3 aromatic heterocycles. The number of hydrogen-bond acceptors (Lipinski definition) is 9. The number of benzene rings is 1. The normalized spacial score (nSPS) is 11.5. The second kappa shape index (κ2) is 7.77. The second-order valence-corrected chi connectivity index (χ2v) is 8.58. The Morgan fingerprint density at radius 1 is 1.08 bits per heavy atom. The summed E-state index contributed by atoms with van der Waals surface area (Å²) in [6.45, 7) is 4.69. The standard InChI is InChI=1S/C16H16N6OS3/c1-3-22-13(8-25-16-17-11-6-4-5-7-12(11)26-16)19-21-15(22)24-9-14-20-18-10(2)23-14/h4-7H,3,8-9H2,1-2H3. The Kier molecular flexibility index (Phi) is 5.23. The lowest BCUT2D eigenvalue weighted by atomic mass is 10.3. The molecule has 7 nitrogen and oxygen atoms in total. The van der Waals surface area contributed by atoms with Crippen molar-refractivity contribution in [2.45, 2.75) is 41.4 Å². The van der Waals surface area contributed by atoms with Gasteiger partial charge in [0.25, 0.3) is 0 Å². The van der Waals surface area contributed by atoms with Gasteiger partial charge < -0.3 is 8.98 Å². The van der Waals surface area contributed by atoms with Crippen LogP contribution in [-0.4, -0.2) is 29.9 Å². The Labute approximate surface area is 162 Å². The topological polar surface area (TPSA) is 82.5 Å². The Hall–Kier alpha value is -1.91. The Morgan fingerprint density at radius 3 is 2.73 bits per heavy atom. The molecule has 0 aliphatic rings. The first-order chi connectivity index (χ1) is 12.7. The molecule has 0 saturated carbocycles. The molecule has 0 bridgehead atoms. The van der Waals surface area contributed by atoms with Crippen molar-refractivity contribution in [3.8, 4) is 0 Å². The molecule has 0 atom stereocenters. The van der Waals surface area contributed by atoms with Crippen LogP contribution in [0.2, 0.25) is 0 Å².